The van der Waals surface area contributed by atoms with Crippen LogP contribution in [0.5, 0.6) is 5.75 Å². The van der Waals surface area contributed by atoms with Gasteiger partial charge >= 0.3 is 0 Å². The number of amides is 1. The molecule has 3 N–H and O–H groups in total. The molecule has 0 atom stereocenters. The van der Waals surface area contributed by atoms with Crippen molar-refractivity contribution in [3.8, 4) is 5.75 Å². The Labute approximate surface area is 126 Å². The Kier molecular flexibility index (Phi) is 5.50. The van der Waals surface area contributed by atoms with Crippen LogP contribution in [0.4, 0.5) is 5.69 Å². The molecule has 0 radical (unpaired) electrons. The monoisotopic (exact) mass is 348 g/mol. The van der Waals surface area contributed by atoms with Crippen molar-refractivity contribution in [2.75, 3.05) is 12.3 Å². The zero-order chi connectivity index (χ0) is 14.6. The van der Waals surface area contributed by atoms with Crippen molar-refractivity contribution in [1.82, 2.24) is 5.32 Å². The summed E-state index contributed by atoms with van der Waals surface area (Å²) < 4.78 is 6.06. The molecule has 0 bridgehead atoms. The molecule has 1 aromatic rings. The van der Waals surface area contributed by atoms with Gasteiger partial charge in [-0.25, -0.2) is 0 Å². The summed E-state index contributed by atoms with van der Waals surface area (Å²) in [5.41, 5.74) is 5.93. The van der Waals surface area contributed by atoms with Crippen molar-refractivity contribution in [2.24, 2.45) is 0 Å². The minimum atomic E-state index is -0.247. The van der Waals surface area contributed by atoms with Crippen molar-refractivity contribution in [1.29, 1.82) is 0 Å². The summed E-state index contributed by atoms with van der Waals surface area (Å²) in [6.45, 7) is 5.83. The molecule has 106 valence electrons. The van der Waals surface area contributed by atoms with Crippen LogP contribution >= 0.6 is 27.5 Å². The molecule has 0 fully saturated rings. The number of carbonyl (C=O) groups excluding carboxylic acids is 1. The highest BCUT2D eigenvalue weighted by Crippen LogP contribution is 2.34. The van der Waals surface area contributed by atoms with E-state index in [4.69, 9.17) is 22.1 Å². The predicted molar refractivity (Wildman–Crippen MR) is 81.6 cm³/mol. The third-order valence-electron chi connectivity index (χ3n) is 2.75. The molecule has 0 unspecified atom stereocenters. The molecule has 0 aliphatic rings. The van der Waals surface area contributed by atoms with Crippen LogP contribution in [0, 0.1) is 0 Å². The summed E-state index contributed by atoms with van der Waals surface area (Å²) in [5.74, 6) is 0.238. The van der Waals surface area contributed by atoms with Gasteiger partial charge in [-0.05, 0) is 48.3 Å². The van der Waals surface area contributed by atoms with Gasteiger partial charge in [-0.3, -0.25) is 4.79 Å². The Bertz CT molecular complexity index is 455. The molecule has 0 aromatic heterocycles. The lowest BCUT2D eigenvalue weighted by Gasteiger charge is -2.24. The minimum Gasteiger partial charge on any atom is -0.480 e. The first-order valence-electron chi connectivity index (χ1n) is 5.93. The highest BCUT2D eigenvalue weighted by molar-refractivity contribution is 9.10. The molecule has 0 aliphatic heterocycles. The van der Waals surface area contributed by atoms with Gasteiger partial charge in [0.05, 0.1) is 10.2 Å². The second-order valence-corrected chi connectivity index (χ2v) is 6.17. The standard InChI is InChI=1S/C13H18BrClN2O2/c1-4-13(2,3)17-11(18)7-19-12-9(14)5-8(15)6-10(12)16/h5-6H,4,7,16H2,1-3H3,(H,17,18). The predicted octanol–water partition coefficient (Wildman–Crippen LogP) is 3.37. The zero-order valence-electron chi connectivity index (χ0n) is 11.2. The second kappa shape index (κ2) is 6.48. The van der Waals surface area contributed by atoms with Gasteiger partial charge in [0.1, 0.15) is 0 Å². The average Bonchev–Trinajstić information content (AvgIpc) is 2.26. The molecule has 1 amide bonds. The highest BCUT2D eigenvalue weighted by atomic mass is 79.9. The van der Waals surface area contributed by atoms with Crippen LogP contribution < -0.4 is 15.8 Å². The summed E-state index contributed by atoms with van der Waals surface area (Å²) in [6.07, 6.45) is 0.839. The number of ether oxygens (including phenoxy) is 1. The SMILES string of the molecule is CCC(C)(C)NC(=O)COc1c(N)cc(Cl)cc1Br. The number of anilines is 1. The van der Waals surface area contributed by atoms with Crippen LogP contribution in [-0.2, 0) is 4.79 Å². The largest absolute Gasteiger partial charge is 0.480 e. The lowest BCUT2D eigenvalue weighted by atomic mass is 10.0. The topological polar surface area (TPSA) is 64.3 Å². The van der Waals surface area contributed by atoms with E-state index in [9.17, 15) is 4.79 Å². The van der Waals surface area contributed by atoms with Gasteiger partial charge in [-0.15, -0.1) is 0 Å². The van der Waals surface area contributed by atoms with Crippen LogP contribution in [0.1, 0.15) is 27.2 Å². The van der Waals surface area contributed by atoms with E-state index in [2.05, 4.69) is 21.2 Å². The van der Waals surface area contributed by atoms with E-state index in [1.165, 1.54) is 0 Å². The fraction of sp³-hybridized carbons (Fsp3) is 0.462. The molecule has 1 aromatic carbocycles. The van der Waals surface area contributed by atoms with Crippen LogP contribution in [0.25, 0.3) is 0 Å². The van der Waals surface area contributed by atoms with Crippen LogP contribution in [-0.4, -0.2) is 18.1 Å². The van der Waals surface area contributed by atoms with E-state index in [-0.39, 0.29) is 18.1 Å². The van der Waals surface area contributed by atoms with E-state index in [1.807, 2.05) is 20.8 Å². The van der Waals surface area contributed by atoms with Gasteiger partial charge in [0.15, 0.2) is 12.4 Å². The van der Waals surface area contributed by atoms with Crippen LogP contribution in [0.15, 0.2) is 16.6 Å². The normalized spacial score (nSPS) is 11.2. The van der Waals surface area contributed by atoms with Gasteiger partial charge in [0, 0.05) is 10.6 Å². The van der Waals surface area contributed by atoms with Crippen molar-refractivity contribution in [3.05, 3.63) is 21.6 Å². The van der Waals surface area contributed by atoms with Crippen molar-refractivity contribution in [2.45, 2.75) is 32.7 Å². The Morgan fingerprint density at radius 2 is 2.16 bits per heavy atom. The van der Waals surface area contributed by atoms with E-state index in [0.29, 0.717) is 20.9 Å². The number of benzene rings is 1. The number of hydrogen-bond donors (Lipinski definition) is 2. The second-order valence-electron chi connectivity index (χ2n) is 4.88. The minimum absolute atomic E-state index is 0.0894. The maximum atomic E-state index is 11.8. The first-order valence-corrected chi connectivity index (χ1v) is 7.10. The quantitative estimate of drug-likeness (QED) is 0.801. The molecule has 6 heteroatoms. The van der Waals surface area contributed by atoms with E-state index < -0.39 is 0 Å². The fourth-order valence-electron chi connectivity index (χ4n) is 1.37. The van der Waals surface area contributed by atoms with Gasteiger partial charge < -0.3 is 15.8 Å². The van der Waals surface area contributed by atoms with Gasteiger partial charge in [-0.1, -0.05) is 18.5 Å². The molecule has 0 spiro atoms. The van der Waals surface area contributed by atoms with Gasteiger partial charge in [0.2, 0.25) is 0 Å². The maximum Gasteiger partial charge on any atom is 0.258 e. The summed E-state index contributed by atoms with van der Waals surface area (Å²) in [6, 6.07) is 3.25. The molecule has 4 nitrogen and oxygen atoms in total. The zero-order valence-corrected chi connectivity index (χ0v) is 13.6. The molecule has 1 rings (SSSR count). The third kappa shape index (κ3) is 4.91. The number of rotatable bonds is 5. The molecular weight excluding hydrogens is 332 g/mol. The fourth-order valence-corrected chi connectivity index (χ4v) is 2.32. The Hall–Kier alpha value is -0.940. The molecule has 0 saturated carbocycles. The summed E-state index contributed by atoms with van der Waals surface area (Å²) >= 11 is 9.15. The first-order chi connectivity index (χ1) is 8.75. The molecule has 0 heterocycles. The van der Waals surface area contributed by atoms with E-state index >= 15 is 0 Å². The third-order valence-corrected chi connectivity index (χ3v) is 3.55. The number of nitrogen functional groups attached to an aromatic ring is 1. The smallest absolute Gasteiger partial charge is 0.258 e. The first kappa shape index (κ1) is 16.1. The summed E-state index contributed by atoms with van der Waals surface area (Å²) in [4.78, 5) is 11.8. The summed E-state index contributed by atoms with van der Waals surface area (Å²) in [5, 5.41) is 3.39. The number of carbonyl (C=O) groups is 1. The Morgan fingerprint density at radius 3 is 2.68 bits per heavy atom. The van der Waals surface area contributed by atoms with Crippen LogP contribution in [0.2, 0.25) is 5.02 Å². The number of nitrogens with two attached hydrogens (primary N) is 1. The van der Waals surface area contributed by atoms with Gasteiger partial charge in [-0.2, -0.15) is 0 Å². The number of nitrogens with one attached hydrogen (secondary N) is 1. The van der Waals surface area contributed by atoms with Crippen molar-refractivity contribution < 1.29 is 9.53 Å². The Morgan fingerprint density at radius 1 is 1.53 bits per heavy atom. The number of hydrogen-bond acceptors (Lipinski definition) is 3. The Balaban J connectivity index is 2.65. The van der Waals surface area contributed by atoms with E-state index in [1.54, 1.807) is 12.1 Å². The molecule has 0 saturated heterocycles. The molecule has 19 heavy (non-hydrogen) atoms. The highest BCUT2D eigenvalue weighted by Gasteiger charge is 2.18. The molecular formula is C13H18BrClN2O2. The van der Waals surface area contributed by atoms with Gasteiger partial charge in [0.25, 0.3) is 5.91 Å². The average molecular weight is 350 g/mol. The summed E-state index contributed by atoms with van der Waals surface area (Å²) in [7, 11) is 0. The number of halogens is 2. The lowest BCUT2D eigenvalue weighted by molar-refractivity contribution is -0.124. The van der Waals surface area contributed by atoms with Crippen molar-refractivity contribution >= 4 is 39.1 Å². The van der Waals surface area contributed by atoms with Crippen molar-refractivity contribution in [3.63, 3.8) is 0 Å². The van der Waals surface area contributed by atoms with E-state index in [0.717, 1.165) is 6.42 Å². The lowest BCUT2D eigenvalue weighted by Crippen LogP contribution is -2.44. The van der Waals surface area contributed by atoms with Crippen LogP contribution in [0.3, 0.4) is 0 Å². The maximum absolute atomic E-state index is 11.8. The molecule has 0 aliphatic carbocycles.